The van der Waals surface area contributed by atoms with Crippen molar-refractivity contribution in [1.29, 1.82) is 0 Å². The second kappa shape index (κ2) is 8.19. The lowest BCUT2D eigenvalue weighted by Gasteiger charge is -2.19. The predicted octanol–water partition coefficient (Wildman–Crippen LogP) is 3.01. The zero-order valence-corrected chi connectivity index (χ0v) is 13.3. The van der Waals surface area contributed by atoms with Gasteiger partial charge < -0.3 is 19.9 Å². The Kier molecular flexibility index (Phi) is 6.00. The predicted molar refractivity (Wildman–Crippen MR) is 87.8 cm³/mol. The Bertz CT molecular complexity index is 643. The van der Waals surface area contributed by atoms with E-state index >= 15 is 0 Å². The van der Waals surface area contributed by atoms with Crippen LogP contribution in [0.1, 0.15) is 23.6 Å². The van der Waals surface area contributed by atoms with Crippen molar-refractivity contribution in [1.82, 2.24) is 5.32 Å². The van der Waals surface area contributed by atoms with Crippen LogP contribution in [0.5, 0.6) is 11.5 Å². The molecule has 0 aliphatic carbocycles. The zero-order valence-electron chi connectivity index (χ0n) is 13.3. The van der Waals surface area contributed by atoms with Gasteiger partial charge in [-0.25, -0.2) is 0 Å². The molecular weight excluding hydrogens is 294 g/mol. The fraction of sp³-hybridized carbons (Fsp3) is 0.278. The molecule has 1 atom stereocenters. The normalized spacial score (nSPS) is 11.7. The van der Waals surface area contributed by atoms with E-state index in [0.717, 1.165) is 11.1 Å². The average Bonchev–Trinajstić information content (AvgIpc) is 2.58. The molecule has 0 unspecified atom stereocenters. The van der Waals surface area contributed by atoms with E-state index in [-0.39, 0.29) is 12.5 Å². The molecule has 0 aromatic heterocycles. The third-order valence-corrected chi connectivity index (χ3v) is 3.58. The highest BCUT2D eigenvalue weighted by Gasteiger charge is 2.17. The van der Waals surface area contributed by atoms with Crippen LogP contribution in [0.15, 0.2) is 48.5 Å². The van der Waals surface area contributed by atoms with E-state index in [1.54, 1.807) is 20.3 Å². The Labute approximate surface area is 135 Å². The minimum Gasteiger partial charge on any atom is -0.493 e. The summed E-state index contributed by atoms with van der Waals surface area (Å²) in [6.45, 7) is 0.590. The molecule has 0 spiro atoms. The van der Waals surface area contributed by atoms with Gasteiger partial charge in [-0.3, -0.25) is 4.79 Å². The molecule has 0 aliphatic rings. The number of nitrogens with one attached hydrogen (secondary N) is 1. The quantitative estimate of drug-likeness (QED) is 0.784. The maximum absolute atomic E-state index is 11.2. The molecule has 0 bridgehead atoms. The third kappa shape index (κ3) is 4.72. The van der Waals surface area contributed by atoms with Crippen molar-refractivity contribution in [2.75, 3.05) is 14.2 Å². The molecule has 2 aromatic carbocycles. The Morgan fingerprint density at radius 2 is 1.78 bits per heavy atom. The first kappa shape index (κ1) is 16.8. The Morgan fingerprint density at radius 1 is 1.09 bits per heavy atom. The Morgan fingerprint density at radius 3 is 2.39 bits per heavy atom. The number of carboxylic acid groups (broad SMARTS) is 1. The van der Waals surface area contributed by atoms with Gasteiger partial charge >= 0.3 is 5.97 Å². The summed E-state index contributed by atoms with van der Waals surface area (Å²) in [4.78, 5) is 11.2. The van der Waals surface area contributed by atoms with Crippen LogP contribution in [0.25, 0.3) is 0 Å². The van der Waals surface area contributed by atoms with Crippen LogP contribution < -0.4 is 14.8 Å². The van der Waals surface area contributed by atoms with Gasteiger partial charge in [0.05, 0.1) is 20.6 Å². The number of benzene rings is 2. The van der Waals surface area contributed by atoms with Crippen LogP contribution in [0.2, 0.25) is 0 Å². The smallest absolute Gasteiger partial charge is 0.305 e. The van der Waals surface area contributed by atoms with Gasteiger partial charge in [0.2, 0.25) is 0 Å². The van der Waals surface area contributed by atoms with Crippen LogP contribution in [0, 0.1) is 0 Å². The summed E-state index contributed by atoms with van der Waals surface area (Å²) in [7, 11) is 3.13. The van der Waals surface area contributed by atoms with E-state index in [1.807, 2.05) is 42.5 Å². The Hall–Kier alpha value is -2.53. The molecule has 0 saturated carbocycles. The molecule has 0 aliphatic heterocycles. The third-order valence-electron chi connectivity index (χ3n) is 3.58. The van der Waals surface area contributed by atoms with Gasteiger partial charge in [0.25, 0.3) is 0 Å². The van der Waals surface area contributed by atoms with Gasteiger partial charge in [-0.2, -0.15) is 0 Å². The second-order valence-electron chi connectivity index (χ2n) is 5.13. The number of rotatable bonds is 8. The highest BCUT2D eigenvalue weighted by molar-refractivity contribution is 5.68. The minimum atomic E-state index is -0.856. The molecule has 2 rings (SSSR count). The molecule has 5 heteroatoms. The summed E-state index contributed by atoms with van der Waals surface area (Å²) < 4.78 is 10.5. The van der Waals surface area contributed by atoms with E-state index in [1.165, 1.54) is 0 Å². The number of methoxy groups -OCH3 is 2. The topological polar surface area (TPSA) is 67.8 Å². The van der Waals surface area contributed by atoms with E-state index in [4.69, 9.17) is 9.47 Å². The van der Waals surface area contributed by atoms with Crippen molar-refractivity contribution in [2.24, 2.45) is 0 Å². The molecular formula is C18H21NO4. The first-order valence-corrected chi connectivity index (χ1v) is 7.35. The van der Waals surface area contributed by atoms with E-state index in [2.05, 4.69) is 5.32 Å². The van der Waals surface area contributed by atoms with Crippen LogP contribution >= 0.6 is 0 Å². The first-order chi connectivity index (χ1) is 11.1. The number of hydrogen-bond donors (Lipinski definition) is 2. The maximum atomic E-state index is 11.2. The van der Waals surface area contributed by atoms with Crippen LogP contribution in [-0.4, -0.2) is 25.3 Å². The van der Waals surface area contributed by atoms with E-state index in [9.17, 15) is 9.90 Å². The van der Waals surface area contributed by atoms with Crippen LogP contribution in [0.4, 0.5) is 0 Å². The van der Waals surface area contributed by atoms with Gasteiger partial charge in [0, 0.05) is 12.6 Å². The standard InChI is InChI=1S/C18H21NO4/c1-22-16-9-8-14(10-17(16)23-2)15(11-18(20)21)19-12-13-6-4-3-5-7-13/h3-10,15,19H,11-12H2,1-2H3,(H,20,21)/t15-/m0/s1. The maximum Gasteiger partial charge on any atom is 0.305 e. The number of hydrogen-bond acceptors (Lipinski definition) is 4. The molecule has 2 aromatic rings. The average molecular weight is 315 g/mol. The number of carbonyl (C=O) groups is 1. The highest BCUT2D eigenvalue weighted by atomic mass is 16.5. The lowest BCUT2D eigenvalue weighted by atomic mass is 10.0. The first-order valence-electron chi connectivity index (χ1n) is 7.35. The van der Waals surface area contributed by atoms with Crippen molar-refractivity contribution in [2.45, 2.75) is 19.0 Å². The molecule has 2 N–H and O–H groups in total. The summed E-state index contributed by atoms with van der Waals surface area (Å²) in [6.07, 6.45) is -0.0116. The largest absolute Gasteiger partial charge is 0.493 e. The van der Waals surface area contributed by atoms with Crippen molar-refractivity contribution < 1.29 is 19.4 Å². The molecule has 0 fully saturated rings. The van der Waals surface area contributed by atoms with Crippen molar-refractivity contribution in [3.05, 3.63) is 59.7 Å². The van der Waals surface area contributed by atoms with E-state index < -0.39 is 5.97 Å². The minimum absolute atomic E-state index is 0.0116. The lowest BCUT2D eigenvalue weighted by molar-refractivity contribution is -0.137. The van der Waals surface area contributed by atoms with Crippen molar-refractivity contribution in [3.8, 4) is 11.5 Å². The summed E-state index contributed by atoms with van der Waals surface area (Å²) >= 11 is 0. The van der Waals surface area contributed by atoms with Crippen molar-refractivity contribution in [3.63, 3.8) is 0 Å². The fourth-order valence-corrected chi connectivity index (χ4v) is 2.39. The molecule has 5 nitrogen and oxygen atoms in total. The highest BCUT2D eigenvalue weighted by Crippen LogP contribution is 2.31. The fourth-order valence-electron chi connectivity index (χ4n) is 2.39. The summed E-state index contributed by atoms with van der Waals surface area (Å²) in [5, 5.41) is 12.5. The molecule has 23 heavy (non-hydrogen) atoms. The number of carboxylic acids is 1. The lowest BCUT2D eigenvalue weighted by Crippen LogP contribution is -2.23. The van der Waals surface area contributed by atoms with Crippen LogP contribution in [-0.2, 0) is 11.3 Å². The number of aliphatic carboxylic acids is 1. The summed E-state index contributed by atoms with van der Waals surface area (Å²) in [5.74, 6) is 0.348. The van der Waals surface area contributed by atoms with E-state index in [0.29, 0.717) is 18.0 Å². The molecule has 0 heterocycles. The van der Waals surface area contributed by atoms with Gasteiger partial charge in [-0.15, -0.1) is 0 Å². The van der Waals surface area contributed by atoms with Crippen LogP contribution in [0.3, 0.4) is 0 Å². The van der Waals surface area contributed by atoms with Crippen molar-refractivity contribution >= 4 is 5.97 Å². The SMILES string of the molecule is COc1ccc([C@H](CC(=O)O)NCc2ccccc2)cc1OC. The van der Waals surface area contributed by atoms with Gasteiger partial charge in [0.15, 0.2) is 11.5 Å². The van der Waals surface area contributed by atoms with Gasteiger partial charge in [0.1, 0.15) is 0 Å². The molecule has 122 valence electrons. The molecule has 0 amide bonds. The summed E-state index contributed by atoms with van der Waals surface area (Å²) in [5.41, 5.74) is 1.95. The number of ether oxygens (including phenoxy) is 2. The zero-order chi connectivity index (χ0) is 16.7. The Balaban J connectivity index is 2.18. The van der Waals surface area contributed by atoms with Gasteiger partial charge in [-0.1, -0.05) is 36.4 Å². The molecule has 0 saturated heterocycles. The molecule has 0 radical (unpaired) electrons. The second-order valence-corrected chi connectivity index (χ2v) is 5.13. The monoisotopic (exact) mass is 315 g/mol. The van der Waals surface area contributed by atoms with Gasteiger partial charge in [-0.05, 0) is 23.3 Å². The summed E-state index contributed by atoms with van der Waals surface area (Å²) in [6, 6.07) is 15.0.